The summed E-state index contributed by atoms with van der Waals surface area (Å²) >= 11 is 0. The number of aliphatic hydroxyl groups excluding tert-OH is 2. The van der Waals surface area contributed by atoms with Gasteiger partial charge in [-0.05, 0) is 44.6 Å². The van der Waals surface area contributed by atoms with Crippen LogP contribution in [0.2, 0.25) is 0 Å². The van der Waals surface area contributed by atoms with E-state index >= 15 is 0 Å². The number of carbonyl (C=O) groups is 2. The molecule has 4 aliphatic heterocycles. The number of fused-ring (bicyclic) bond motifs is 3. The molecule has 8 nitrogen and oxygen atoms in total. The third-order valence-corrected chi connectivity index (χ3v) is 6.65. The van der Waals surface area contributed by atoms with E-state index in [1.807, 2.05) is 6.08 Å². The minimum atomic E-state index is -1.14. The Morgan fingerprint density at radius 1 is 1.08 bits per heavy atom. The molecule has 4 heterocycles. The topological polar surface area (TPSA) is 115 Å². The highest BCUT2D eigenvalue weighted by molar-refractivity contribution is 5.90. The minimum Gasteiger partial charge on any atom is -0.493 e. The predicted molar refractivity (Wildman–Crippen MR) is 131 cm³/mol. The maximum absolute atomic E-state index is 12.6. The van der Waals surface area contributed by atoms with Crippen LogP contribution >= 0.6 is 0 Å². The average molecular weight is 500 g/mol. The second-order valence-electron chi connectivity index (χ2n) is 9.72. The molecule has 0 spiro atoms. The molecule has 1 radical (unpaired) electrons. The van der Waals surface area contributed by atoms with Crippen LogP contribution in [0.3, 0.4) is 0 Å². The summed E-state index contributed by atoms with van der Waals surface area (Å²) < 4.78 is 22.7. The van der Waals surface area contributed by atoms with Gasteiger partial charge in [-0.25, -0.2) is 4.79 Å². The molecule has 2 bridgehead atoms. The van der Waals surface area contributed by atoms with E-state index in [1.165, 1.54) is 24.5 Å². The Labute approximate surface area is 211 Å². The lowest BCUT2D eigenvalue weighted by molar-refractivity contribution is -0.148. The van der Waals surface area contributed by atoms with E-state index in [-0.39, 0.29) is 36.9 Å². The van der Waals surface area contributed by atoms with Gasteiger partial charge in [0.15, 0.2) is 5.78 Å². The van der Waals surface area contributed by atoms with Gasteiger partial charge in [-0.3, -0.25) is 4.79 Å². The van der Waals surface area contributed by atoms with E-state index in [4.69, 9.17) is 18.9 Å². The predicted octanol–water partition coefficient (Wildman–Crippen LogP) is 2.81. The number of ether oxygens (including phenoxy) is 4. The molecule has 0 aromatic heterocycles. The number of epoxide rings is 1. The number of hydrogen-bond donors (Lipinski definition) is 2. The molecule has 1 saturated heterocycles. The normalized spacial score (nSPS) is 37.8. The first-order chi connectivity index (χ1) is 17.4. The molecular formula is C28H35O8. The van der Waals surface area contributed by atoms with E-state index in [0.717, 1.165) is 18.4 Å². The number of ketones is 1. The van der Waals surface area contributed by atoms with Gasteiger partial charge >= 0.3 is 5.97 Å². The van der Waals surface area contributed by atoms with Crippen LogP contribution in [0.1, 0.15) is 44.9 Å². The summed E-state index contributed by atoms with van der Waals surface area (Å²) in [4.78, 5) is 24.1. The average Bonchev–Trinajstić information content (AvgIpc) is 3.61. The quantitative estimate of drug-likeness (QED) is 0.346. The van der Waals surface area contributed by atoms with Crippen molar-refractivity contribution in [2.75, 3.05) is 0 Å². The van der Waals surface area contributed by atoms with Gasteiger partial charge < -0.3 is 29.2 Å². The molecule has 8 atom stereocenters. The largest absolute Gasteiger partial charge is 0.493 e. The van der Waals surface area contributed by atoms with Crippen molar-refractivity contribution in [1.29, 1.82) is 0 Å². The molecule has 2 N–H and O–H groups in total. The highest BCUT2D eigenvalue weighted by Gasteiger charge is 2.46. The molecule has 0 amide bonds. The van der Waals surface area contributed by atoms with Crippen LogP contribution in [0.4, 0.5) is 0 Å². The van der Waals surface area contributed by atoms with Crippen molar-refractivity contribution in [3.63, 3.8) is 0 Å². The Bertz CT molecular complexity index is 919. The standard InChI is InChI=1S/C28H35O8/c1-18-5-2-6-20-7-3-8-21(34-20)9-4-10-27(32)35-25(17-26-28(36-26)24(31)15-18)23(30)12-11-22-16-19(29)13-14-33-22/h2-4,8,10-14,20-26,28,30-31H,1,5-7,9,15-17H2/b10-4-,12-11+/t20-,21+,22?,23+,24+,25?,26+,28+/m1/s1. The van der Waals surface area contributed by atoms with Crippen LogP contribution in [0, 0.1) is 6.42 Å². The van der Waals surface area contributed by atoms with Crippen molar-refractivity contribution in [2.45, 2.75) is 93.8 Å². The monoisotopic (exact) mass is 499 g/mol. The first kappa shape index (κ1) is 26.5. The zero-order valence-corrected chi connectivity index (χ0v) is 20.3. The molecule has 4 aliphatic rings. The lowest BCUT2D eigenvalue weighted by atomic mass is 9.97. The van der Waals surface area contributed by atoms with Crippen molar-refractivity contribution in [1.82, 2.24) is 0 Å². The van der Waals surface area contributed by atoms with Crippen LogP contribution in [0.15, 0.2) is 60.9 Å². The van der Waals surface area contributed by atoms with Crippen molar-refractivity contribution in [3.05, 3.63) is 67.4 Å². The number of hydrogen-bond acceptors (Lipinski definition) is 8. The third kappa shape index (κ3) is 8.00. The summed E-state index contributed by atoms with van der Waals surface area (Å²) in [5.74, 6) is -0.653. The molecule has 0 saturated carbocycles. The van der Waals surface area contributed by atoms with Crippen molar-refractivity contribution >= 4 is 11.8 Å². The molecule has 1 fully saturated rings. The molecule has 0 aliphatic carbocycles. The summed E-state index contributed by atoms with van der Waals surface area (Å²) in [7, 11) is 0. The Kier molecular flexibility index (Phi) is 9.31. The minimum absolute atomic E-state index is 0.0660. The second-order valence-corrected chi connectivity index (χ2v) is 9.72. The van der Waals surface area contributed by atoms with Gasteiger partial charge in [-0.1, -0.05) is 36.5 Å². The van der Waals surface area contributed by atoms with E-state index in [2.05, 4.69) is 19.1 Å². The van der Waals surface area contributed by atoms with Crippen LogP contribution in [-0.4, -0.2) is 70.8 Å². The van der Waals surface area contributed by atoms with E-state index < -0.39 is 36.5 Å². The van der Waals surface area contributed by atoms with Crippen molar-refractivity contribution < 1.29 is 38.7 Å². The van der Waals surface area contributed by atoms with E-state index in [1.54, 1.807) is 12.2 Å². The summed E-state index contributed by atoms with van der Waals surface area (Å²) in [5.41, 5.74) is 0.908. The second kappa shape index (κ2) is 12.6. The van der Waals surface area contributed by atoms with Gasteiger partial charge in [0.25, 0.3) is 0 Å². The Morgan fingerprint density at radius 2 is 1.94 bits per heavy atom. The third-order valence-electron chi connectivity index (χ3n) is 6.65. The summed E-state index contributed by atoms with van der Waals surface area (Å²) in [6.45, 7) is 4.09. The van der Waals surface area contributed by atoms with Crippen LogP contribution < -0.4 is 0 Å². The van der Waals surface area contributed by atoms with E-state index in [0.29, 0.717) is 19.3 Å². The SMILES string of the molecule is C=C1C[CH]C[C@@H]2CC=C[C@@H](C/C=C\C(=O)OC([C@@H](O)/C=C/C3CC(=O)C=CO3)C[C@@H]3O[C@H]3[C@@H](O)C1)O2. The summed E-state index contributed by atoms with van der Waals surface area (Å²) in [5, 5.41) is 21.4. The maximum atomic E-state index is 12.6. The number of esters is 1. The van der Waals surface area contributed by atoms with Gasteiger partial charge in [0, 0.05) is 18.6 Å². The molecule has 36 heavy (non-hydrogen) atoms. The van der Waals surface area contributed by atoms with Crippen molar-refractivity contribution in [3.8, 4) is 0 Å². The fraction of sp³-hybridized carbons (Fsp3) is 0.536. The molecule has 0 aromatic carbocycles. The Balaban J connectivity index is 1.43. The zero-order valence-electron chi connectivity index (χ0n) is 20.3. The van der Waals surface area contributed by atoms with Gasteiger partial charge in [0.05, 0.1) is 37.1 Å². The van der Waals surface area contributed by atoms with E-state index in [9.17, 15) is 19.8 Å². The lowest BCUT2D eigenvalue weighted by Gasteiger charge is -2.25. The number of cyclic esters (lactones) is 1. The van der Waals surface area contributed by atoms with Gasteiger partial charge in [0.1, 0.15) is 24.4 Å². The van der Waals surface area contributed by atoms with Gasteiger partial charge in [0.2, 0.25) is 0 Å². The van der Waals surface area contributed by atoms with Crippen LogP contribution in [0.5, 0.6) is 0 Å². The van der Waals surface area contributed by atoms with Crippen LogP contribution in [0.25, 0.3) is 0 Å². The smallest absolute Gasteiger partial charge is 0.330 e. The van der Waals surface area contributed by atoms with Crippen molar-refractivity contribution in [2.24, 2.45) is 0 Å². The van der Waals surface area contributed by atoms with Crippen LogP contribution in [-0.2, 0) is 28.5 Å². The molecular weight excluding hydrogens is 464 g/mol. The van der Waals surface area contributed by atoms with Gasteiger partial charge in [-0.15, -0.1) is 0 Å². The zero-order chi connectivity index (χ0) is 25.5. The first-order valence-electron chi connectivity index (χ1n) is 12.6. The highest BCUT2D eigenvalue weighted by Crippen LogP contribution is 2.34. The van der Waals surface area contributed by atoms with Gasteiger partial charge in [-0.2, -0.15) is 0 Å². The number of aliphatic hydroxyl groups is 2. The summed E-state index contributed by atoms with van der Waals surface area (Å²) in [6.07, 6.45) is 14.6. The first-order valence-corrected chi connectivity index (χ1v) is 12.6. The lowest BCUT2D eigenvalue weighted by Crippen LogP contribution is -2.32. The molecule has 8 heteroatoms. The Hall–Kier alpha value is -2.52. The molecule has 0 aromatic rings. The molecule has 2 unspecified atom stereocenters. The fourth-order valence-corrected chi connectivity index (χ4v) is 4.65. The number of allylic oxidation sites excluding steroid dienone is 1. The number of carbonyl (C=O) groups excluding carboxylic acids is 2. The highest BCUT2D eigenvalue weighted by atomic mass is 16.6. The fourth-order valence-electron chi connectivity index (χ4n) is 4.65. The maximum Gasteiger partial charge on any atom is 0.330 e. The molecule has 4 rings (SSSR count). The summed E-state index contributed by atoms with van der Waals surface area (Å²) in [6, 6.07) is 0. The molecule has 195 valence electrons. The Morgan fingerprint density at radius 3 is 2.78 bits per heavy atom. The number of rotatable bonds is 3.